The average molecular weight is 283 g/mol. The molecule has 0 unspecified atom stereocenters. The van der Waals surface area contributed by atoms with Gasteiger partial charge in [-0.2, -0.15) is 0 Å². The molecule has 19 heavy (non-hydrogen) atoms. The highest BCUT2D eigenvalue weighted by molar-refractivity contribution is 7.19. The number of carbonyl (C=O) groups excluding carboxylic acids is 1. The molecule has 1 N–H and O–H groups in total. The van der Waals surface area contributed by atoms with Crippen LogP contribution in [0.5, 0.6) is 0 Å². The van der Waals surface area contributed by atoms with E-state index in [9.17, 15) is 14.9 Å². The van der Waals surface area contributed by atoms with Gasteiger partial charge in [-0.25, -0.2) is 0 Å². The molecule has 0 aromatic carbocycles. The lowest BCUT2D eigenvalue weighted by Gasteiger charge is -2.31. The van der Waals surface area contributed by atoms with Gasteiger partial charge in [0.05, 0.1) is 9.92 Å². The predicted octanol–water partition coefficient (Wildman–Crippen LogP) is 2.01. The summed E-state index contributed by atoms with van der Waals surface area (Å²) in [6.07, 6.45) is 1.61. The van der Waals surface area contributed by atoms with Crippen molar-refractivity contribution in [3.8, 4) is 0 Å². The monoisotopic (exact) mass is 283 g/mol. The molecule has 1 aliphatic rings. The van der Waals surface area contributed by atoms with Crippen LogP contribution in [0, 0.1) is 16.0 Å². The maximum Gasteiger partial charge on any atom is 0.326 e. The first-order chi connectivity index (χ1) is 9.11. The molecule has 2 rings (SSSR count). The van der Waals surface area contributed by atoms with Crippen LogP contribution in [0.3, 0.4) is 0 Å². The number of piperidine rings is 1. The summed E-state index contributed by atoms with van der Waals surface area (Å²) in [7, 11) is 0. The predicted molar refractivity (Wildman–Crippen MR) is 74.6 cm³/mol. The smallest absolute Gasteiger partial charge is 0.326 e. The molecule has 1 aliphatic heterocycles. The Hall–Kier alpha value is -1.63. The number of hydrogen-bond acceptors (Lipinski definition) is 5. The van der Waals surface area contributed by atoms with Gasteiger partial charge >= 0.3 is 5.00 Å². The van der Waals surface area contributed by atoms with Crippen LogP contribution in [0.25, 0.3) is 0 Å². The van der Waals surface area contributed by atoms with E-state index in [0.29, 0.717) is 6.54 Å². The minimum atomic E-state index is -0.365. The Morgan fingerprint density at radius 1 is 1.53 bits per heavy atom. The summed E-state index contributed by atoms with van der Waals surface area (Å²) in [5.74, 6) is 0.199. The first-order valence-corrected chi connectivity index (χ1v) is 7.20. The fourth-order valence-electron chi connectivity index (χ4n) is 2.27. The van der Waals surface area contributed by atoms with Crippen LogP contribution < -0.4 is 10.2 Å². The number of anilines is 1. The number of amides is 1. The third-order valence-corrected chi connectivity index (χ3v) is 4.38. The van der Waals surface area contributed by atoms with Crippen LogP contribution in [0.2, 0.25) is 0 Å². The number of carbonyl (C=O) groups is 1. The van der Waals surface area contributed by atoms with Crippen molar-refractivity contribution in [2.45, 2.75) is 19.8 Å². The average Bonchev–Trinajstić information content (AvgIpc) is 2.89. The number of nitro groups is 1. The van der Waals surface area contributed by atoms with Gasteiger partial charge in [0.2, 0.25) is 5.91 Å². The second kappa shape index (κ2) is 6.01. The van der Waals surface area contributed by atoms with Gasteiger partial charge in [0.1, 0.15) is 0 Å². The Bertz CT molecular complexity index is 467. The zero-order valence-electron chi connectivity index (χ0n) is 10.8. The molecule has 0 bridgehead atoms. The topological polar surface area (TPSA) is 75.5 Å². The highest BCUT2D eigenvalue weighted by Gasteiger charge is 2.26. The highest BCUT2D eigenvalue weighted by atomic mass is 32.1. The van der Waals surface area contributed by atoms with Crippen molar-refractivity contribution < 1.29 is 9.72 Å². The number of nitrogens with one attached hydrogen (secondary N) is 1. The van der Waals surface area contributed by atoms with Crippen LogP contribution in [0.15, 0.2) is 12.1 Å². The Balaban J connectivity index is 1.92. The summed E-state index contributed by atoms with van der Waals surface area (Å²) in [6, 6.07) is 3.32. The van der Waals surface area contributed by atoms with Crippen molar-refractivity contribution in [1.29, 1.82) is 0 Å². The van der Waals surface area contributed by atoms with E-state index < -0.39 is 0 Å². The maximum absolute atomic E-state index is 11.7. The van der Waals surface area contributed by atoms with Crippen molar-refractivity contribution in [3.05, 3.63) is 22.2 Å². The van der Waals surface area contributed by atoms with Gasteiger partial charge in [-0.15, -0.1) is 0 Å². The second-order valence-electron chi connectivity index (χ2n) is 4.52. The van der Waals surface area contributed by atoms with Crippen LogP contribution in [-0.2, 0) is 4.79 Å². The van der Waals surface area contributed by atoms with E-state index in [2.05, 4.69) is 10.2 Å². The largest absolute Gasteiger partial charge is 0.363 e. The highest BCUT2D eigenvalue weighted by Crippen LogP contribution is 2.33. The molecule has 1 saturated heterocycles. The lowest BCUT2D eigenvalue weighted by atomic mass is 9.96. The van der Waals surface area contributed by atoms with Crippen LogP contribution in [0.4, 0.5) is 10.0 Å². The molecule has 1 aromatic heterocycles. The summed E-state index contributed by atoms with van der Waals surface area (Å²) in [6.45, 7) is 4.13. The Morgan fingerprint density at radius 3 is 2.74 bits per heavy atom. The minimum absolute atomic E-state index is 0.0751. The Morgan fingerprint density at radius 2 is 2.21 bits per heavy atom. The Labute approximate surface area is 115 Å². The third-order valence-electron chi connectivity index (χ3n) is 3.29. The fraction of sp³-hybridized carbons (Fsp3) is 0.583. The molecule has 2 heterocycles. The lowest BCUT2D eigenvalue weighted by molar-refractivity contribution is -0.380. The van der Waals surface area contributed by atoms with E-state index in [4.69, 9.17) is 0 Å². The van der Waals surface area contributed by atoms with E-state index in [-0.39, 0.29) is 21.7 Å². The minimum Gasteiger partial charge on any atom is -0.363 e. The summed E-state index contributed by atoms with van der Waals surface area (Å²) in [5.41, 5.74) is 0. The van der Waals surface area contributed by atoms with Crippen molar-refractivity contribution in [2.75, 3.05) is 24.5 Å². The van der Waals surface area contributed by atoms with Gasteiger partial charge in [0.15, 0.2) is 0 Å². The molecule has 0 radical (unpaired) electrons. The molecule has 7 heteroatoms. The SMILES string of the molecule is CCNC(=O)C1CCN(c2ccc([N+](=O)[O-])s2)CC1. The van der Waals surface area contributed by atoms with E-state index >= 15 is 0 Å². The van der Waals surface area contributed by atoms with Crippen LogP contribution in [0.1, 0.15) is 19.8 Å². The summed E-state index contributed by atoms with van der Waals surface area (Å²) >= 11 is 1.19. The van der Waals surface area contributed by atoms with E-state index in [1.165, 1.54) is 17.4 Å². The van der Waals surface area contributed by atoms with Crippen LogP contribution in [-0.4, -0.2) is 30.5 Å². The summed E-state index contributed by atoms with van der Waals surface area (Å²) < 4.78 is 0. The molecule has 0 atom stereocenters. The molecule has 104 valence electrons. The molecule has 0 saturated carbocycles. The first-order valence-electron chi connectivity index (χ1n) is 6.38. The van der Waals surface area contributed by atoms with Crippen LogP contribution >= 0.6 is 11.3 Å². The van der Waals surface area contributed by atoms with E-state index in [1.54, 1.807) is 6.07 Å². The van der Waals surface area contributed by atoms with Gasteiger partial charge in [-0.1, -0.05) is 0 Å². The van der Waals surface area contributed by atoms with Crippen molar-refractivity contribution >= 4 is 27.2 Å². The van der Waals surface area contributed by atoms with Gasteiger partial charge in [-0.3, -0.25) is 14.9 Å². The lowest BCUT2D eigenvalue weighted by Crippen LogP contribution is -2.40. The molecule has 0 aliphatic carbocycles. The molecular weight excluding hydrogens is 266 g/mol. The second-order valence-corrected chi connectivity index (χ2v) is 5.57. The van der Waals surface area contributed by atoms with E-state index in [0.717, 1.165) is 30.9 Å². The zero-order chi connectivity index (χ0) is 13.8. The van der Waals surface area contributed by atoms with Crippen molar-refractivity contribution in [1.82, 2.24) is 5.32 Å². The van der Waals surface area contributed by atoms with E-state index in [1.807, 2.05) is 6.92 Å². The van der Waals surface area contributed by atoms with Gasteiger partial charge in [0, 0.05) is 31.6 Å². The molecule has 6 nitrogen and oxygen atoms in total. The van der Waals surface area contributed by atoms with Gasteiger partial charge in [-0.05, 0) is 37.2 Å². The molecule has 1 amide bonds. The third kappa shape index (κ3) is 3.23. The number of thiophene rings is 1. The molecular formula is C12H17N3O3S. The number of hydrogen-bond donors (Lipinski definition) is 1. The standard InChI is InChI=1S/C12H17N3O3S/c1-2-13-12(16)9-5-7-14(8-6-9)10-3-4-11(19-10)15(17)18/h3-4,9H,2,5-8H2,1H3,(H,13,16). The summed E-state index contributed by atoms with van der Waals surface area (Å²) in [5, 5.41) is 14.6. The molecule has 0 spiro atoms. The first kappa shape index (κ1) is 13.8. The maximum atomic E-state index is 11.7. The molecule has 1 aromatic rings. The van der Waals surface area contributed by atoms with Gasteiger partial charge < -0.3 is 10.2 Å². The number of nitrogens with zero attached hydrogens (tertiary/aromatic N) is 2. The molecule has 1 fully saturated rings. The van der Waals surface area contributed by atoms with Crippen molar-refractivity contribution in [2.24, 2.45) is 5.92 Å². The van der Waals surface area contributed by atoms with Gasteiger partial charge in [0.25, 0.3) is 0 Å². The zero-order valence-corrected chi connectivity index (χ0v) is 11.6. The normalized spacial score (nSPS) is 16.4. The number of rotatable bonds is 4. The van der Waals surface area contributed by atoms with Crippen molar-refractivity contribution in [3.63, 3.8) is 0 Å². The Kier molecular flexibility index (Phi) is 4.36. The summed E-state index contributed by atoms with van der Waals surface area (Å²) in [4.78, 5) is 24.1. The fourth-order valence-corrected chi connectivity index (χ4v) is 3.14. The quantitative estimate of drug-likeness (QED) is 0.677.